The van der Waals surface area contributed by atoms with Crippen LogP contribution in [0.4, 0.5) is 18.9 Å². The van der Waals surface area contributed by atoms with Crippen molar-refractivity contribution in [2.75, 3.05) is 26.2 Å². The van der Waals surface area contributed by atoms with E-state index in [-0.39, 0.29) is 34.9 Å². The zero-order valence-electron chi connectivity index (χ0n) is 17.8. The fourth-order valence-electron chi connectivity index (χ4n) is 3.40. The molecule has 2 aliphatic rings. The molecule has 3 aromatic carbocycles. The first-order chi connectivity index (χ1) is 16.4. The number of rotatable bonds is 9. The molecular weight excluding hydrogens is 470 g/mol. The molecule has 7 nitrogen and oxygen atoms in total. The third kappa shape index (κ3) is 5.05. The number of hydrogen-bond donors (Lipinski definition) is 0. The first-order valence-electron chi connectivity index (χ1n) is 10.5. The Labute approximate surface area is 194 Å². The Morgan fingerprint density at radius 2 is 1.53 bits per heavy atom. The van der Waals surface area contributed by atoms with Gasteiger partial charge in [0.1, 0.15) is 23.2 Å². The predicted molar refractivity (Wildman–Crippen MR) is 120 cm³/mol. The van der Waals surface area contributed by atoms with E-state index in [1.165, 1.54) is 24.3 Å². The van der Waals surface area contributed by atoms with Crippen LogP contribution in [0.1, 0.15) is 5.56 Å². The molecule has 0 amide bonds. The maximum atomic E-state index is 14.7. The van der Waals surface area contributed by atoms with Crippen molar-refractivity contribution in [3.05, 3.63) is 87.7 Å². The molecule has 0 aromatic heterocycles. The number of benzene rings is 3. The van der Waals surface area contributed by atoms with Crippen molar-refractivity contribution in [2.45, 2.75) is 6.61 Å². The Morgan fingerprint density at radius 3 is 2.12 bits per heavy atom. The van der Waals surface area contributed by atoms with E-state index in [9.17, 15) is 23.3 Å². The number of halogens is 3. The fraction of sp³-hybridized carbons (Fsp3) is 0.217. The van der Waals surface area contributed by atoms with Gasteiger partial charge in [-0.05, 0) is 42.0 Å². The molecule has 3 aromatic rings. The van der Waals surface area contributed by atoms with Crippen LogP contribution < -0.4 is 4.74 Å². The zero-order chi connectivity index (χ0) is 23.8. The van der Waals surface area contributed by atoms with E-state index < -0.39 is 30.8 Å². The SMILES string of the molecule is O=[N+]([O-])c1ccc(COP(N2CC2)N2CC2)cc1Oc1ccc(-c2ccc(F)cc2F)c(F)c1. The normalized spacial score (nSPS) is 15.5. The van der Waals surface area contributed by atoms with Gasteiger partial charge in [-0.25, -0.2) is 22.5 Å². The number of nitrogens with zero attached hydrogens (tertiary/aromatic N) is 3. The standard InChI is InChI=1S/C23H19F3N3O4P/c24-16-2-4-18(20(25)12-16)19-5-3-17(13-21(19)26)33-23-11-15(1-6-22(23)29(30)31)14-32-34(27-7-8-27)28-9-10-28/h1-6,11-13H,7-10,14H2. The molecule has 0 saturated carbocycles. The summed E-state index contributed by atoms with van der Waals surface area (Å²) in [7, 11) is -0.805. The third-order valence-electron chi connectivity index (χ3n) is 5.29. The highest BCUT2D eigenvalue weighted by atomic mass is 31.2. The van der Waals surface area contributed by atoms with Crippen LogP contribution in [0.25, 0.3) is 11.1 Å². The van der Waals surface area contributed by atoms with E-state index >= 15 is 0 Å². The molecule has 0 atom stereocenters. The Bertz CT molecular complexity index is 1240. The Balaban J connectivity index is 1.36. The molecule has 0 aliphatic carbocycles. The summed E-state index contributed by atoms with van der Waals surface area (Å²) < 4.78 is 58.1. The summed E-state index contributed by atoms with van der Waals surface area (Å²) >= 11 is 0. The van der Waals surface area contributed by atoms with Gasteiger partial charge in [-0.15, -0.1) is 0 Å². The van der Waals surface area contributed by atoms with Crippen molar-refractivity contribution in [3.8, 4) is 22.6 Å². The second kappa shape index (κ2) is 9.31. The van der Waals surface area contributed by atoms with Gasteiger partial charge in [0.2, 0.25) is 5.75 Å². The number of hydrogen-bond acceptors (Lipinski definition) is 6. The predicted octanol–water partition coefficient (Wildman–Crippen LogP) is 5.85. The summed E-state index contributed by atoms with van der Waals surface area (Å²) in [5.74, 6) is -2.54. The van der Waals surface area contributed by atoms with E-state index in [1.54, 1.807) is 6.07 Å². The Kier molecular flexibility index (Phi) is 6.22. The van der Waals surface area contributed by atoms with Gasteiger partial charge in [-0.3, -0.25) is 10.1 Å². The quantitative estimate of drug-likeness (QED) is 0.163. The monoisotopic (exact) mass is 489 g/mol. The zero-order valence-corrected chi connectivity index (χ0v) is 18.7. The van der Waals surface area contributed by atoms with E-state index in [0.29, 0.717) is 11.6 Å². The molecule has 2 heterocycles. The molecule has 0 bridgehead atoms. The van der Waals surface area contributed by atoms with Gasteiger partial charge in [0.25, 0.3) is 0 Å². The smallest absolute Gasteiger partial charge is 0.311 e. The summed E-state index contributed by atoms with van der Waals surface area (Å²) in [5, 5.41) is 11.5. The number of ether oxygens (including phenoxy) is 1. The van der Waals surface area contributed by atoms with Crippen molar-refractivity contribution in [3.63, 3.8) is 0 Å². The highest BCUT2D eigenvalue weighted by Gasteiger charge is 2.39. The maximum absolute atomic E-state index is 14.7. The summed E-state index contributed by atoms with van der Waals surface area (Å²) in [6.45, 7) is 4.25. The fourth-order valence-corrected chi connectivity index (χ4v) is 5.21. The van der Waals surface area contributed by atoms with Crippen molar-refractivity contribution in [1.29, 1.82) is 0 Å². The molecule has 0 radical (unpaired) electrons. The van der Waals surface area contributed by atoms with Gasteiger partial charge in [0, 0.05) is 55.5 Å². The first-order valence-corrected chi connectivity index (χ1v) is 11.7. The van der Waals surface area contributed by atoms with Crippen LogP contribution in [0.2, 0.25) is 0 Å². The van der Waals surface area contributed by atoms with Gasteiger partial charge in [0.05, 0.1) is 11.5 Å². The molecule has 2 saturated heterocycles. The first kappa shape index (κ1) is 22.7. The van der Waals surface area contributed by atoms with Crippen molar-refractivity contribution in [1.82, 2.24) is 9.34 Å². The topological polar surface area (TPSA) is 67.6 Å². The van der Waals surface area contributed by atoms with Crippen LogP contribution in [-0.4, -0.2) is 40.4 Å². The van der Waals surface area contributed by atoms with Gasteiger partial charge in [0.15, 0.2) is 8.45 Å². The molecule has 34 heavy (non-hydrogen) atoms. The van der Waals surface area contributed by atoms with Crippen LogP contribution in [0, 0.1) is 27.6 Å². The molecule has 2 fully saturated rings. The minimum atomic E-state index is -0.902. The average Bonchev–Trinajstić information content (AvgIpc) is 3.70. The van der Waals surface area contributed by atoms with E-state index in [2.05, 4.69) is 9.34 Å². The lowest BCUT2D eigenvalue weighted by Gasteiger charge is -2.18. The second-order valence-electron chi connectivity index (χ2n) is 7.86. The lowest BCUT2D eigenvalue weighted by molar-refractivity contribution is -0.385. The largest absolute Gasteiger partial charge is 0.450 e. The minimum absolute atomic E-state index is 0.000345. The summed E-state index contributed by atoms with van der Waals surface area (Å²) in [5.41, 5.74) is 0.212. The van der Waals surface area contributed by atoms with Crippen LogP contribution >= 0.6 is 8.45 Å². The van der Waals surface area contributed by atoms with E-state index in [4.69, 9.17) is 9.26 Å². The molecule has 0 spiro atoms. The van der Waals surface area contributed by atoms with E-state index in [1.807, 2.05) is 0 Å². The highest BCUT2D eigenvalue weighted by Crippen LogP contribution is 2.53. The van der Waals surface area contributed by atoms with Crippen LogP contribution in [0.5, 0.6) is 11.5 Å². The highest BCUT2D eigenvalue weighted by molar-refractivity contribution is 7.48. The number of nitro groups is 1. The molecule has 11 heteroatoms. The Morgan fingerprint density at radius 1 is 0.882 bits per heavy atom. The maximum Gasteiger partial charge on any atom is 0.311 e. The lowest BCUT2D eigenvalue weighted by Crippen LogP contribution is -2.03. The molecule has 0 N–H and O–H groups in total. The summed E-state index contributed by atoms with van der Waals surface area (Å²) in [4.78, 5) is 10.9. The van der Waals surface area contributed by atoms with Crippen molar-refractivity contribution in [2.24, 2.45) is 0 Å². The average molecular weight is 489 g/mol. The van der Waals surface area contributed by atoms with Gasteiger partial charge >= 0.3 is 5.69 Å². The van der Waals surface area contributed by atoms with Crippen LogP contribution in [-0.2, 0) is 11.1 Å². The lowest BCUT2D eigenvalue weighted by atomic mass is 10.0. The summed E-state index contributed by atoms with van der Waals surface area (Å²) in [6.07, 6.45) is 0. The second-order valence-corrected chi connectivity index (χ2v) is 9.76. The van der Waals surface area contributed by atoms with Gasteiger partial charge < -0.3 is 9.26 Å². The van der Waals surface area contributed by atoms with Crippen LogP contribution in [0.3, 0.4) is 0 Å². The third-order valence-corrected chi connectivity index (χ3v) is 7.42. The summed E-state index contributed by atoms with van der Waals surface area (Å²) in [6, 6.07) is 10.9. The Hall–Kier alpha value is -3.04. The molecule has 5 rings (SSSR count). The van der Waals surface area contributed by atoms with Crippen molar-refractivity contribution >= 4 is 14.1 Å². The molecular formula is C23H19F3N3O4P. The van der Waals surface area contributed by atoms with Crippen LogP contribution in [0.15, 0.2) is 54.6 Å². The van der Waals surface area contributed by atoms with Gasteiger partial charge in [-0.2, -0.15) is 0 Å². The molecule has 2 aliphatic heterocycles. The molecule has 0 unspecified atom stereocenters. The van der Waals surface area contributed by atoms with Crippen molar-refractivity contribution < 1.29 is 27.4 Å². The minimum Gasteiger partial charge on any atom is -0.450 e. The number of nitro benzene ring substituents is 1. The van der Waals surface area contributed by atoms with E-state index in [0.717, 1.165) is 44.4 Å². The molecule has 176 valence electrons. The van der Waals surface area contributed by atoms with Gasteiger partial charge in [-0.1, -0.05) is 0 Å².